The van der Waals surface area contributed by atoms with E-state index in [1.807, 2.05) is 12.3 Å². The third-order valence-corrected chi connectivity index (χ3v) is 4.03. The summed E-state index contributed by atoms with van der Waals surface area (Å²) in [7, 11) is 0. The van der Waals surface area contributed by atoms with E-state index in [0.717, 1.165) is 17.1 Å². The molecule has 0 radical (unpaired) electrons. The Balaban J connectivity index is 2.22. The highest BCUT2D eigenvalue weighted by atomic mass is 32.1. The predicted octanol–water partition coefficient (Wildman–Crippen LogP) is 3.04. The first-order valence-electron chi connectivity index (χ1n) is 6.99. The number of carbonyl (C=O) groups is 1. The van der Waals surface area contributed by atoms with E-state index >= 15 is 0 Å². The number of benzene rings is 1. The van der Waals surface area contributed by atoms with Crippen LogP contribution >= 0.6 is 11.3 Å². The van der Waals surface area contributed by atoms with Crippen LogP contribution in [0.3, 0.4) is 0 Å². The largest absolute Gasteiger partial charge is 0.397 e. The van der Waals surface area contributed by atoms with Crippen molar-refractivity contribution in [2.75, 3.05) is 17.6 Å². The molecule has 21 heavy (non-hydrogen) atoms. The summed E-state index contributed by atoms with van der Waals surface area (Å²) in [6.45, 7) is 4.58. The van der Waals surface area contributed by atoms with Crippen LogP contribution < -0.4 is 16.4 Å². The molecule has 6 heteroatoms. The molecule has 1 aromatic heterocycles. The lowest BCUT2D eigenvalue weighted by molar-refractivity contribution is 0.0956. The second kappa shape index (κ2) is 7.08. The van der Waals surface area contributed by atoms with E-state index in [-0.39, 0.29) is 11.9 Å². The molecule has 0 saturated heterocycles. The van der Waals surface area contributed by atoms with Crippen LogP contribution in [0.25, 0.3) is 0 Å². The number of amides is 1. The number of hydrogen-bond acceptors (Lipinski definition) is 5. The van der Waals surface area contributed by atoms with Gasteiger partial charge < -0.3 is 16.4 Å². The lowest BCUT2D eigenvalue weighted by Crippen LogP contribution is -2.23. The summed E-state index contributed by atoms with van der Waals surface area (Å²) < 4.78 is 0. The molecule has 112 valence electrons. The number of nitrogens with one attached hydrogen (secondary N) is 2. The molecule has 5 nitrogen and oxygen atoms in total. The SMILES string of the molecule is CCNC(=O)c1ccc(N)c(NC(CC)c2nccs2)c1. The number of aromatic nitrogens is 1. The first-order chi connectivity index (χ1) is 10.2. The first kappa shape index (κ1) is 15.3. The number of thiazole rings is 1. The molecular weight excluding hydrogens is 284 g/mol. The number of nitrogens with two attached hydrogens (primary N) is 1. The Hall–Kier alpha value is -2.08. The Morgan fingerprint density at radius 2 is 2.24 bits per heavy atom. The normalized spacial score (nSPS) is 11.9. The summed E-state index contributed by atoms with van der Waals surface area (Å²) in [6, 6.07) is 5.37. The van der Waals surface area contributed by atoms with Crippen molar-refractivity contribution in [3.8, 4) is 0 Å². The predicted molar refractivity (Wildman–Crippen MR) is 87.6 cm³/mol. The molecule has 1 aromatic carbocycles. The number of hydrogen-bond donors (Lipinski definition) is 3. The van der Waals surface area contributed by atoms with Crippen molar-refractivity contribution in [1.82, 2.24) is 10.3 Å². The van der Waals surface area contributed by atoms with E-state index in [9.17, 15) is 4.79 Å². The molecule has 0 aliphatic heterocycles. The van der Waals surface area contributed by atoms with Gasteiger partial charge in [0.1, 0.15) is 5.01 Å². The fourth-order valence-electron chi connectivity index (χ4n) is 2.02. The highest BCUT2D eigenvalue weighted by Crippen LogP contribution is 2.28. The number of rotatable bonds is 6. The van der Waals surface area contributed by atoms with E-state index in [2.05, 4.69) is 22.5 Å². The maximum atomic E-state index is 11.9. The smallest absolute Gasteiger partial charge is 0.251 e. The van der Waals surface area contributed by atoms with Crippen LogP contribution in [-0.2, 0) is 0 Å². The Morgan fingerprint density at radius 1 is 1.43 bits per heavy atom. The van der Waals surface area contributed by atoms with Crippen LogP contribution in [0.4, 0.5) is 11.4 Å². The third kappa shape index (κ3) is 3.72. The van der Waals surface area contributed by atoms with Crippen LogP contribution in [0.15, 0.2) is 29.8 Å². The number of nitrogen functional groups attached to an aromatic ring is 1. The van der Waals surface area contributed by atoms with Crippen molar-refractivity contribution >= 4 is 28.6 Å². The topological polar surface area (TPSA) is 80.0 Å². The van der Waals surface area contributed by atoms with Gasteiger partial charge in [0, 0.05) is 23.7 Å². The van der Waals surface area contributed by atoms with Gasteiger partial charge in [-0.3, -0.25) is 4.79 Å². The molecule has 0 spiro atoms. The molecule has 2 aromatic rings. The maximum absolute atomic E-state index is 11.9. The van der Waals surface area contributed by atoms with E-state index < -0.39 is 0 Å². The minimum Gasteiger partial charge on any atom is -0.397 e. The van der Waals surface area contributed by atoms with Gasteiger partial charge in [0.25, 0.3) is 5.91 Å². The molecule has 2 rings (SSSR count). The van der Waals surface area contributed by atoms with Crippen molar-refractivity contribution in [2.24, 2.45) is 0 Å². The van der Waals surface area contributed by atoms with Gasteiger partial charge >= 0.3 is 0 Å². The van der Waals surface area contributed by atoms with Gasteiger partial charge in [-0.15, -0.1) is 11.3 Å². The summed E-state index contributed by atoms with van der Waals surface area (Å²) >= 11 is 1.61. The molecule has 0 aliphatic rings. The minimum atomic E-state index is -0.0946. The molecule has 1 atom stereocenters. The fraction of sp³-hybridized carbons (Fsp3) is 0.333. The molecular formula is C15H20N4OS. The van der Waals surface area contributed by atoms with Gasteiger partial charge in [-0.25, -0.2) is 4.98 Å². The average Bonchev–Trinajstić information content (AvgIpc) is 3.00. The molecule has 0 bridgehead atoms. The molecule has 1 amide bonds. The fourth-order valence-corrected chi connectivity index (χ4v) is 2.79. The van der Waals surface area contributed by atoms with Gasteiger partial charge in [-0.05, 0) is 31.5 Å². The quantitative estimate of drug-likeness (QED) is 0.717. The standard InChI is InChI=1S/C15H20N4OS/c1-3-12(15-18-7-8-21-15)19-13-9-10(5-6-11(13)16)14(20)17-4-2/h5-9,12,19H,3-4,16H2,1-2H3,(H,17,20). The van der Waals surface area contributed by atoms with Crippen LogP contribution in [0.1, 0.15) is 41.7 Å². The zero-order chi connectivity index (χ0) is 15.2. The molecule has 0 aliphatic carbocycles. The van der Waals surface area contributed by atoms with Crippen molar-refractivity contribution < 1.29 is 4.79 Å². The molecule has 0 saturated carbocycles. The summed E-state index contributed by atoms with van der Waals surface area (Å²) in [5.74, 6) is -0.0946. The van der Waals surface area contributed by atoms with Crippen molar-refractivity contribution in [1.29, 1.82) is 0 Å². The van der Waals surface area contributed by atoms with E-state index in [4.69, 9.17) is 5.73 Å². The van der Waals surface area contributed by atoms with Crippen LogP contribution in [-0.4, -0.2) is 17.4 Å². The number of carbonyl (C=O) groups excluding carboxylic acids is 1. The average molecular weight is 304 g/mol. The lowest BCUT2D eigenvalue weighted by atomic mass is 10.1. The Labute approximate surface area is 128 Å². The van der Waals surface area contributed by atoms with Gasteiger partial charge in [0.05, 0.1) is 17.4 Å². The first-order valence-corrected chi connectivity index (χ1v) is 7.87. The maximum Gasteiger partial charge on any atom is 0.251 e. The van der Waals surface area contributed by atoms with Gasteiger partial charge in [0.2, 0.25) is 0 Å². The second-order valence-electron chi connectivity index (χ2n) is 4.64. The molecule has 0 fully saturated rings. The Kier molecular flexibility index (Phi) is 5.16. The summed E-state index contributed by atoms with van der Waals surface area (Å²) in [4.78, 5) is 16.2. The van der Waals surface area contributed by atoms with Crippen molar-refractivity contribution in [3.63, 3.8) is 0 Å². The summed E-state index contributed by atoms with van der Waals surface area (Å²) in [5, 5.41) is 9.13. The Bertz CT molecular complexity index is 598. The monoisotopic (exact) mass is 304 g/mol. The van der Waals surface area contributed by atoms with Crippen LogP contribution in [0, 0.1) is 0 Å². The van der Waals surface area contributed by atoms with Crippen molar-refractivity contribution in [3.05, 3.63) is 40.3 Å². The highest BCUT2D eigenvalue weighted by Gasteiger charge is 2.14. The number of anilines is 2. The van der Waals surface area contributed by atoms with Crippen molar-refractivity contribution in [2.45, 2.75) is 26.3 Å². The zero-order valence-corrected chi connectivity index (χ0v) is 13.0. The zero-order valence-electron chi connectivity index (χ0n) is 12.2. The molecule has 1 unspecified atom stereocenters. The van der Waals surface area contributed by atoms with E-state index in [1.54, 1.807) is 35.7 Å². The Morgan fingerprint density at radius 3 is 2.86 bits per heavy atom. The third-order valence-electron chi connectivity index (χ3n) is 3.14. The second-order valence-corrected chi connectivity index (χ2v) is 5.56. The van der Waals surface area contributed by atoms with Gasteiger partial charge in [-0.1, -0.05) is 6.92 Å². The number of nitrogens with zero attached hydrogens (tertiary/aromatic N) is 1. The minimum absolute atomic E-state index is 0.0942. The van der Waals surface area contributed by atoms with Gasteiger partial charge in [-0.2, -0.15) is 0 Å². The van der Waals surface area contributed by atoms with Gasteiger partial charge in [0.15, 0.2) is 0 Å². The van der Waals surface area contributed by atoms with E-state index in [1.165, 1.54) is 0 Å². The lowest BCUT2D eigenvalue weighted by Gasteiger charge is -2.18. The molecule has 1 heterocycles. The highest BCUT2D eigenvalue weighted by molar-refractivity contribution is 7.09. The van der Waals surface area contributed by atoms with E-state index in [0.29, 0.717) is 17.8 Å². The van der Waals surface area contributed by atoms with Crippen LogP contribution in [0.2, 0.25) is 0 Å². The summed E-state index contributed by atoms with van der Waals surface area (Å²) in [5.41, 5.74) is 8.00. The molecule has 4 N–H and O–H groups in total. The summed E-state index contributed by atoms with van der Waals surface area (Å²) in [6.07, 6.45) is 2.68. The van der Waals surface area contributed by atoms with Crippen LogP contribution in [0.5, 0.6) is 0 Å².